The Labute approximate surface area is 209 Å². The molecule has 1 unspecified atom stereocenters. The van der Waals surface area contributed by atoms with Crippen molar-refractivity contribution in [2.45, 2.75) is 77.3 Å². The molecular formula is C29H38N4O2. The number of aryl methyl sites for hydroxylation is 1. The zero-order valence-corrected chi connectivity index (χ0v) is 21.2. The van der Waals surface area contributed by atoms with Gasteiger partial charge in [0.25, 0.3) is 0 Å². The van der Waals surface area contributed by atoms with Crippen LogP contribution in [0.2, 0.25) is 0 Å². The third kappa shape index (κ3) is 5.75. The van der Waals surface area contributed by atoms with Gasteiger partial charge >= 0.3 is 5.97 Å². The second-order valence-corrected chi connectivity index (χ2v) is 9.53. The lowest BCUT2D eigenvalue weighted by atomic mass is 9.74. The van der Waals surface area contributed by atoms with Crippen LogP contribution in [0.5, 0.6) is 0 Å². The second kappa shape index (κ2) is 12.0. The average molecular weight is 475 g/mol. The lowest BCUT2D eigenvalue weighted by Crippen LogP contribution is -2.54. The molecule has 3 aromatic rings. The second-order valence-electron chi connectivity index (χ2n) is 9.53. The topological polar surface area (TPSA) is 60.3 Å². The number of aromatic nitrogens is 3. The van der Waals surface area contributed by atoms with Gasteiger partial charge in [0.1, 0.15) is 11.1 Å². The van der Waals surface area contributed by atoms with Crippen molar-refractivity contribution < 1.29 is 9.53 Å². The number of esters is 1. The zero-order chi connectivity index (χ0) is 24.5. The number of para-hydroxylation sites is 1. The van der Waals surface area contributed by atoms with E-state index in [4.69, 9.17) is 4.74 Å². The molecule has 1 aromatic heterocycles. The molecule has 0 saturated heterocycles. The summed E-state index contributed by atoms with van der Waals surface area (Å²) in [4.78, 5) is 16.1. The minimum absolute atomic E-state index is 0.197. The number of unbranched alkanes of at least 4 members (excludes halogenated alkanes) is 5. The molecule has 0 saturated carbocycles. The first-order valence-electron chi connectivity index (χ1n) is 13.1. The van der Waals surface area contributed by atoms with Crippen molar-refractivity contribution in [3.05, 3.63) is 77.6 Å². The maximum Gasteiger partial charge on any atom is 0.320 e. The van der Waals surface area contributed by atoms with Gasteiger partial charge in [0.05, 0.1) is 18.8 Å². The molecule has 0 radical (unpaired) electrons. The van der Waals surface area contributed by atoms with E-state index in [0.717, 1.165) is 42.0 Å². The van der Waals surface area contributed by atoms with Gasteiger partial charge in [-0.1, -0.05) is 92.8 Å². The molecule has 0 bridgehead atoms. The predicted octanol–water partition coefficient (Wildman–Crippen LogP) is 5.70. The number of carbonyl (C=O) groups is 1. The van der Waals surface area contributed by atoms with Crippen LogP contribution in [0.25, 0.3) is 0 Å². The first-order chi connectivity index (χ1) is 17.2. The van der Waals surface area contributed by atoms with Crippen LogP contribution in [0.4, 0.5) is 5.69 Å². The van der Waals surface area contributed by atoms with Crippen molar-refractivity contribution in [1.82, 2.24) is 15.0 Å². The molecule has 2 aromatic carbocycles. The van der Waals surface area contributed by atoms with E-state index in [2.05, 4.69) is 46.4 Å². The summed E-state index contributed by atoms with van der Waals surface area (Å²) >= 11 is 0. The third-order valence-corrected chi connectivity index (χ3v) is 6.92. The molecule has 1 aliphatic heterocycles. The standard InChI is InChI=1S/C29H38N4O2/c1-3-5-6-7-8-15-20-33-27-26(30-31-33)22-32(25-18-13-10-14-19-25)23-29(27,28(34)35-4-2)21-24-16-11-9-12-17-24/h9-14,16-19H,3-8,15,20-23H2,1-2H3. The van der Waals surface area contributed by atoms with Crippen molar-refractivity contribution in [1.29, 1.82) is 0 Å². The van der Waals surface area contributed by atoms with Gasteiger partial charge in [-0.15, -0.1) is 5.10 Å². The minimum atomic E-state index is -0.882. The Balaban J connectivity index is 1.71. The van der Waals surface area contributed by atoms with Gasteiger partial charge in [-0.2, -0.15) is 0 Å². The Morgan fingerprint density at radius 1 is 0.943 bits per heavy atom. The minimum Gasteiger partial charge on any atom is -0.465 e. The molecule has 35 heavy (non-hydrogen) atoms. The highest BCUT2D eigenvalue weighted by molar-refractivity contribution is 5.85. The third-order valence-electron chi connectivity index (χ3n) is 6.92. The summed E-state index contributed by atoms with van der Waals surface area (Å²) in [6.07, 6.45) is 7.79. The Kier molecular flexibility index (Phi) is 8.56. The summed E-state index contributed by atoms with van der Waals surface area (Å²) in [5.74, 6) is -0.197. The molecule has 1 aliphatic rings. The number of anilines is 1. The Morgan fingerprint density at radius 2 is 1.63 bits per heavy atom. The normalized spacial score (nSPS) is 17.3. The fourth-order valence-electron chi connectivity index (χ4n) is 5.22. The monoisotopic (exact) mass is 474 g/mol. The Morgan fingerprint density at radius 3 is 2.34 bits per heavy atom. The predicted molar refractivity (Wildman–Crippen MR) is 139 cm³/mol. The molecule has 186 valence electrons. The van der Waals surface area contributed by atoms with E-state index in [0.29, 0.717) is 26.1 Å². The number of carbonyl (C=O) groups excluding carboxylic acids is 1. The molecule has 6 heteroatoms. The number of hydrogen-bond acceptors (Lipinski definition) is 5. The number of nitrogens with zero attached hydrogens (tertiary/aromatic N) is 4. The smallest absolute Gasteiger partial charge is 0.320 e. The van der Waals surface area contributed by atoms with E-state index >= 15 is 0 Å². The van der Waals surface area contributed by atoms with E-state index in [1.807, 2.05) is 48.0 Å². The summed E-state index contributed by atoms with van der Waals surface area (Å²) in [5, 5.41) is 9.18. The van der Waals surface area contributed by atoms with Crippen LogP contribution in [-0.2, 0) is 34.5 Å². The zero-order valence-electron chi connectivity index (χ0n) is 21.2. The van der Waals surface area contributed by atoms with E-state index < -0.39 is 5.41 Å². The highest BCUT2D eigenvalue weighted by atomic mass is 16.5. The quantitative estimate of drug-likeness (QED) is 0.249. The molecule has 0 amide bonds. The molecular weight excluding hydrogens is 436 g/mol. The Hall–Kier alpha value is -3.15. The molecule has 1 atom stereocenters. The van der Waals surface area contributed by atoms with Crippen molar-refractivity contribution in [3.8, 4) is 0 Å². The average Bonchev–Trinajstić information content (AvgIpc) is 3.31. The maximum atomic E-state index is 13.8. The summed E-state index contributed by atoms with van der Waals surface area (Å²) in [6.45, 7) is 6.39. The number of benzene rings is 2. The van der Waals surface area contributed by atoms with Crippen LogP contribution >= 0.6 is 0 Å². The van der Waals surface area contributed by atoms with Gasteiger partial charge in [0, 0.05) is 18.8 Å². The van der Waals surface area contributed by atoms with E-state index in [9.17, 15) is 4.79 Å². The molecule has 6 nitrogen and oxygen atoms in total. The number of ether oxygens (including phenoxy) is 1. The van der Waals surface area contributed by atoms with Gasteiger partial charge in [-0.25, -0.2) is 4.68 Å². The van der Waals surface area contributed by atoms with Crippen LogP contribution in [0.1, 0.15) is 69.3 Å². The van der Waals surface area contributed by atoms with Crippen LogP contribution in [0, 0.1) is 0 Å². The van der Waals surface area contributed by atoms with Crippen LogP contribution in [0.15, 0.2) is 60.7 Å². The summed E-state index contributed by atoms with van der Waals surface area (Å²) in [6, 6.07) is 20.5. The number of fused-ring (bicyclic) bond motifs is 1. The molecule has 0 aliphatic carbocycles. The fourth-order valence-corrected chi connectivity index (χ4v) is 5.22. The van der Waals surface area contributed by atoms with Crippen LogP contribution in [-0.4, -0.2) is 34.1 Å². The van der Waals surface area contributed by atoms with E-state index in [-0.39, 0.29) is 5.97 Å². The first kappa shape index (κ1) is 25.0. The highest BCUT2D eigenvalue weighted by Gasteiger charge is 2.51. The van der Waals surface area contributed by atoms with Crippen molar-refractivity contribution in [3.63, 3.8) is 0 Å². The lowest BCUT2D eigenvalue weighted by molar-refractivity contribution is -0.150. The summed E-state index contributed by atoms with van der Waals surface area (Å²) in [7, 11) is 0. The van der Waals surface area contributed by atoms with E-state index in [1.54, 1.807) is 0 Å². The van der Waals surface area contributed by atoms with Crippen molar-refractivity contribution >= 4 is 11.7 Å². The molecule has 0 N–H and O–H groups in total. The van der Waals surface area contributed by atoms with Gasteiger partial charge in [-0.05, 0) is 37.5 Å². The molecule has 0 fully saturated rings. The van der Waals surface area contributed by atoms with Crippen LogP contribution in [0.3, 0.4) is 0 Å². The highest BCUT2D eigenvalue weighted by Crippen LogP contribution is 2.39. The number of rotatable bonds is 12. The lowest BCUT2D eigenvalue weighted by Gasteiger charge is -2.41. The van der Waals surface area contributed by atoms with Gasteiger partial charge in [-0.3, -0.25) is 4.79 Å². The largest absolute Gasteiger partial charge is 0.465 e. The van der Waals surface area contributed by atoms with E-state index in [1.165, 1.54) is 25.7 Å². The molecule has 0 spiro atoms. The van der Waals surface area contributed by atoms with Gasteiger partial charge in [0.2, 0.25) is 0 Å². The van der Waals surface area contributed by atoms with Gasteiger partial charge < -0.3 is 9.64 Å². The summed E-state index contributed by atoms with van der Waals surface area (Å²) < 4.78 is 7.76. The van der Waals surface area contributed by atoms with Gasteiger partial charge in [0.15, 0.2) is 0 Å². The first-order valence-corrected chi connectivity index (χ1v) is 13.1. The van der Waals surface area contributed by atoms with Crippen LogP contribution < -0.4 is 4.90 Å². The molecule has 4 rings (SSSR count). The molecule has 2 heterocycles. The van der Waals surface area contributed by atoms with Crippen molar-refractivity contribution in [2.24, 2.45) is 0 Å². The fraction of sp³-hybridized carbons (Fsp3) is 0.483. The maximum absolute atomic E-state index is 13.8. The van der Waals surface area contributed by atoms with Crippen molar-refractivity contribution in [2.75, 3.05) is 18.1 Å². The summed E-state index contributed by atoms with van der Waals surface area (Å²) in [5.41, 5.74) is 3.10. The SMILES string of the molecule is CCCCCCCCn1nnc2c1C(Cc1ccccc1)(C(=O)OCC)CN(c1ccccc1)C2. The Bertz CT molecular complexity index is 1070. The number of hydrogen-bond donors (Lipinski definition) is 0.